The summed E-state index contributed by atoms with van der Waals surface area (Å²) in [6.07, 6.45) is 5.95. The zero-order valence-electron chi connectivity index (χ0n) is 9.06. The van der Waals surface area contributed by atoms with Gasteiger partial charge >= 0.3 is 6.61 Å². The summed E-state index contributed by atoms with van der Waals surface area (Å²) >= 11 is 0. The molecule has 16 heavy (non-hydrogen) atoms. The van der Waals surface area contributed by atoms with Crippen LogP contribution in [0.1, 0.15) is 35.1 Å². The third-order valence-corrected chi connectivity index (χ3v) is 3.62. The van der Waals surface area contributed by atoms with E-state index in [0.717, 1.165) is 49.7 Å². The zero-order chi connectivity index (χ0) is 11.1. The molecule has 1 aromatic carbocycles. The van der Waals surface area contributed by atoms with Crippen LogP contribution in [0.3, 0.4) is 0 Å². The van der Waals surface area contributed by atoms with Gasteiger partial charge in [0.05, 0.1) is 0 Å². The Bertz CT molecular complexity index is 394. The van der Waals surface area contributed by atoms with Crippen molar-refractivity contribution in [3.63, 3.8) is 0 Å². The van der Waals surface area contributed by atoms with Gasteiger partial charge in [-0.25, -0.2) is 0 Å². The van der Waals surface area contributed by atoms with Crippen molar-refractivity contribution in [1.29, 1.82) is 0 Å². The Morgan fingerprint density at radius 1 is 0.938 bits per heavy atom. The van der Waals surface area contributed by atoms with Crippen molar-refractivity contribution in [2.75, 3.05) is 0 Å². The van der Waals surface area contributed by atoms with Gasteiger partial charge in [0, 0.05) is 0 Å². The Hall–Kier alpha value is -1.12. The lowest BCUT2D eigenvalue weighted by molar-refractivity contribution is -0.0509. The molecule has 0 bridgehead atoms. The summed E-state index contributed by atoms with van der Waals surface area (Å²) in [6, 6.07) is 2.21. The number of rotatable bonds is 2. The molecule has 2 aliphatic rings. The van der Waals surface area contributed by atoms with Gasteiger partial charge in [-0.05, 0) is 60.8 Å². The van der Waals surface area contributed by atoms with E-state index in [2.05, 4.69) is 6.07 Å². The normalized spacial score (nSPS) is 17.7. The molecule has 0 fully saturated rings. The molecule has 0 N–H and O–H groups in total. The van der Waals surface area contributed by atoms with Crippen molar-refractivity contribution in [3.05, 3.63) is 28.3 Å². The number of alkyl halides is 2. The molecule has 0 aliphatic heterocycles. The first kappa shape index (κ1) is 10.1. The zero-order valence-corrected chi connectivity index (χ0v) is 9.06. The van der Waals surface area contributed by atoms with Crippen LogP contribution in [-0.4, -0.2) is 6.61 Å². The molecule has 1 aromatic rings. The van der Waals surface area contributed by atoms with Gasteiger partial charge in [-0.1, -0.05) is 6.07 Å². The number of hydrogen-bond donors (Lipinski definition) is 0. The Morgan fingerprint density at radius 3 is 2.00 bits per heavy atom. The second kappa shape index (κ2) is 3.72. The van der Waals surface area contributed by atoms with Gasteiger partial charge in [0.15, 0.2) is 0 Å². The summed E-state index contributed by atoms with van der Waals surface area (Å²) < 4.78 is 29.6. The number of aryl methyl sites for hydroxylation is 2. The molecule has 3 rings (SSSR count). The van der Waals surface area contributed by atoms with Crippen LogP contribution < -0.4 is 4.74 Å². The molecular weight excluding hydrogens is 210 g/mol. The van der Waals surface area contributed by atoms with Crippen molar-refractivity contribution < 1.29 is 13.5 Å². The van der Waals surface area contributed by atoms with Gasteiger partial charge in [0.25, 0.3) is 0 Å². The molecule has 86 valence electrons. The molecular formula is C13H14F2O. The minimum absolute atomic E-state index is 0.512. The SMILES string of the molecule is FC(F)Oc1c2c(cc3c1CCC3)CCC2. The third kappa shape index (κ3) is 1.49. The predicted molar refractivity (Wildman–Crippen MR) is 57.1 cm³/mol. The highest BCUT2D eigenvalue weighted by Gasteiger charge is 2.26. The van der Waals surface area contributed by atoms with Crippen LogP contribution in [0.15, 0.2) is 6.07 Å². The molecule has 0 aromatic heterocycles. The fourth-order valence-corrected chi connectivity index (χ4v) is 3.00. The Labute approximate surface area is 93.4 Å². The van der Waals surface area contributed by atoms with Gasteiger partial charge in [-0.3, -0.25) is 0 Å². The Morgan fingerprint density at radius 2 is 1.50 bits per heavy atom. The van der Waals surface area contributed by atoms with E-state index in [1.807, 2.05) is 0 Å². The monoisotopic (exact) mass is 224 g/mol. The lowest BCUT2D eigenvalue weighted by atomic mass is 10.0. The van der Waals surface area contributed by atoms with Crippen molar-refractivity contribution in [1.82, 2.24) is 0 Å². The number of fused-ring (bicyclic) bond motifs is 2. The van der Waals surface area contributed by atoms with Crippen LogP contribution in [0.4, 0.5) is 8.78 Å². The number of ether oxygens (including phenoxy) is 1. The summed E-state index contributed by atoms with van der Waals surface area (Å²) in [5.41, 5.74) is 4.55. The molecule has 0 heterocycles. The largest absolute Gasteiger partial charge is 0.434 e. The van der Waals surface area contributed by atoms with E-state index in [1.165, 1.54) is 11.1 Å². The maximum atomic E-state index is 12.4. The first-order valence-corrected chi connectivity index (χ1v) is 5.87. The molecule has 0 atom stereocenters. The lowest BCUT2D eigenvalue weighted by Gasteiger charge is -2.15. The minimum atomic E-state index is -2.70. The summed E-state index contributed by atoms with van der Waals surface area (Å²) in [4.78, 5) is 0. The smallest absolute Gasteiger partial charge is 0.387 e. The van der Waals surface area contributed by atoms with Crippen LogP contribution in [0.2, 0.25) is 0 Å². The van der Waals surface area contributed by atoms with E-state index in [9.17, 15) is 8.78 Å². The van der Waals surface area contributed by atoms with Gasteiger partial charge in [-0.2, -0.15) is 8.78 Å². The van der Waals surface area contributed by atoms with E-state index in [4.69, 9.17) is 4.74 Å². The average Bonchev–Trinajstić information content (AvgIpc) is 2.83. The molecule has 0 saturated heterocycles. The average molecular weight is 224 g/mol. The van der Waals surface area contributed by atoms with Crippen molar-refractivity contribution in [2.24, 2.45) is 0 Å². The van der Waals surface area contributed by atoms with Gasteiger partial charge < -0.3 is 4.74 Å². The molecule has 0 spiro atoms. The summed E-state index contributed by atoms with van der Waals surface area (Å²) in [6.45, 7) is -2.70. The number of halogens is 2. The molecule has 0 saturated carbocycles. The molecule has 1 nitrogen and oxygen atoms in total. The number of hydrogen-bond acceptors (Lipinski definition) is 1. The van der Waals surface area contributed by atoms with Crippen LogP contribution in [-0.2, 0) is 25.7 Å². The first-order chi connectivity index (χ1) is 7.75. The van der Waals surface area contributed by atoms with Crippen LogP contribution in [0, 0.1) is 0 Å². The Kier molecular flexibility index (Phi) is 2.34. The maximum absolute atomic E-state index is 12.4. The topological polar surface area (TPSA) is 9.23 Å². The van der Waals surface area contributed by atoms with E-state index in [-0.39, 0.29) is 0 Å². The quantitative estimate of drug-likeness (QED) is 0.749. The highest BCUT2D eigenvalue weighted by molar-refractivity contribution is 5.54. The third-order valence-electron chi connectivity index (χ3n) is 3.62. The van der Waals surface area contributed by atoms with Crippen molar-refractivity contribution in [2.45, 2.75) is 45.1 Å². The summed E-state index contributed by atoms with van der Waals surface area (Å²) in [5.74, 6) is 0.512. The van der Waals surface area contributed by atoms with Gasteiger partial charge in [0.1, 0.15) is 5.75 Å². The molecule has 0 unspecified atom stereocenters. The van der Waals surface area contributed by atoms with E-state index >= 15 is 0 Å². The molecule has 3 heteroatoms. The fraction of sp³-hybridized carbons (Fsp3) is 0.538. The minimum Gasteiger partial charge on any atom is -0.434 e. The second-order valence-corrected chi connectivity index (χ2v) is 4.57. The van der Waals surface area contributed by atoms with Crippen LogP contribution in [0.5, 0.6) is 5.75 Å². The Balaban J connectivity index is 2.12. The maximum Gasteiger partial charge on any atom is 0.387 e. The standard InChI is InChI=1S/C13H14F2O/c14-13(15)16-12-10-5-1-3-8(10)7-9-4-2-6-11(9)12/h7,13H,1-6H2. The van der Waals surface area contributed by atoms with Gasteiger partial charge in [0.2, 0.25) is 0 Å². The summed E-state index contributed by atoms with van der Waals surface area (Å²) in [5, 5.41) is 0. The van der Waals surface area contributed by atoms with Crippen LogP contribution >= 0.6 is 0 Å². The van der Waals surface area contributed by atoms with Crippen molar-refractivity contribution >= 4 is 0 Å². The summed E-state index contributed by atoms with van der Waals surface area (Å²) in [7, 11) is 0. The van der Waals surface area contributed by atoms with E-state index in [0.29, 0.717) is 5.75 Å². The predicted octanol–water partition coefficient (Wildman–Crippen LogP) is 3.27. The number of benzene rings is 1. The highest BCUT2D eigenvalue weighted by Crippen LogP contribution is 2.40. The molecule has 0 radical (unpaired) electrons. The highest BCUT2D eigenvalue weighted by atomic mass is 19.3. The first-order valence-electron chi connectivity index (χ1n) is 5.87. The molecule has 2 aliphatic carbocycles. The van der Waals surface area contributed by atoms with Gasteiger partial charge in [-0.15, -0.1) is 0 Å². The van der Waals surface area contributed by atoms with Crippen LogP contribution in [0.25, 0.3) is 0 Å². The van der Waals surface area contributed by atoms with E-state index in [1.54, 1.807) is 0 Å². The van der Waals surface area contributed by atoms with Crippen molar-refractivity contribution in [3.8, 4) is 5.75 Å². The lowest BCUT2D eigenvalue weighted by Crippen LogP contribution is -2.07. The fourth-order valence-electron chi connectivity index (χ4n) is 3.00. The second-order valence-electron chi connectivity index (χ2n) is 4.57. The molecule has 0 amide bonds. The van der Waals surface area contributed by atoms with E-state index < -0.39 is 6.61 Å².